The molecule has 0 aliphatic heterocycles. The summed E-state index contributed by atoms with van der Waals surface area (Å²) in [6, 6.07) is 3.56. The average molecular weight is 321 g/mol. The van der Waals surface area contributed by atoms with E-state index in [1.165, 1.54) is 32.4 Å². The molecule has 0 aliphatic carbocycles. The van der Waals surface area contributed by atoms with Crippen LogP contribution in [0.2, 0.25) is 5.02 Å². The first-order chi connectivity index (χ1) is 9.25. The third-order valence-electron chi connectivity index (χ3n) is 2.97. The van der Waals surface area contributed by atoms with Crippen LogP contribution in [0.5, 0.6) is 0 Å². The molecule has 2 N–H and O–H groups in total. The molecule has 1 aromatic rings. The highest BCUT2D eigenvalue weighted by molar-refractivity contribution is 7.89. The largest absolute Gasteiger partial charge is 0.465 e. The van der Waals surface area contributed by atoms with Crippen LogP contribution >= 0.6 is 11.6 Å². The Bertz CT molecular complexity index is 603. The zero-order valence-electron chi connectivity index (χ0n) is 11.5. The quantitative estimate of drug-likeness (QED) is 0.820. The van der Waals surface area contributed by atoms with Crippen LogP contribution in [0.1, 0.15) is 17.3 Å². The standard InChI is InChI=1S/C12H17ClN2O4S/c1-8(7-14)15(2)20(17,18)11-6-9(13)4-5-10(11)12(16)19-3/h4-6,8H,7,14H2,1-3H3. The second kappa shape index (κ2) is 6.53. The molecule has 1 aromatic carbocycles. The van der Waals surface area contributed by atoms with E-state index in [1.807, 2.05) is 0 Å². The topological polar surface area (TPSA) is 89.7 Å². The predicted octanol–water partition coefficient (Wildman–Crippen LogP) is 1.09. The minimum atomic E-state index is -3.89. The summed E-state index contributed by atoms with van der Waals surface area (Å²) in [5.41, 5.74) is 5.42. The van der Waals surface area contributed by atoms with E-state index in [4.69, 9.17) is 17.3 Å². The Kier molecular flexibility index (Phi) is 5.52. The van der Waals surface area contributed by atoms with Gasteiger partial charge in [-0.3, -0.25) is 0 Å². The van der Waals surface area contributed by atoms with E-state index in [0.29, 0.717) is 0 Å². The van der Waals surface area contributed by atoms with E-state index in [9.17, 15) is 13.2 Å². The van der Waals surface area contributed by atoms with Crippen LogP contribution in [0.4, 0.5) is 0 Å². The van der Waals surface area contributed by atoms with Crippen molar-refractivity contribution in [1.82, 2.24) is 4.31 Å². The Hall–Kier alpha value is -1.15. The number of sulfonamides is 1. The Balaban J connectivity index is 3.44. The molecular formula is C12H17ClN2O4S. The van der Waals surface area contributed by atoms with Gasteiger partial charge in [-0.1, -0.05) is 11.6 Å². The third kappa shape index (κ3) is 3.29. The van der Waals surface area contributed by atoms with Gasteiger partial charge >= 0.3 is 5.97 Å². The van der Waals surface area contributed by atoms with Gasteiger partial charge in [-0.05, 0) is 25.1 Å². The Morgan fingerprint density at radius 2 is 2.10 bits per heavy atom. The van der Waals surface area contributed by atoms with E-state index < -0.39 is 22.0 Å². The van der Waals surface area contributed by atoms with Crippen LogP contribution in [0.15, 0.2) is 23.1 Å². The van der Waals surface area contributed by atoms with Crippen LogP contribution in [-0.4, -0.2) is 45.4 Å². The number of rotatable bonds is 5. The first kappa shape index (κ1) is 16.9. The number of hydrogen-bond acceptors (Lipinski definition) is 5. The second-order valence-corrected chi connectivity index (χ2v) is 6.64. The molecule has 0 saturated heterocycles. The Morgan fingerprint density at radius 3 is 2.60 bits per heavy atom. The minimum Gasteiger partial charge on any atom is -0.465 e. The smallest absolute Gasteiger partial charge is 0.339 e. The predicted molar refractivity (Wildman–Crippen MR) is 76.3 cm³/mol. The van der Waals surface area contributed by atoms with Crippen molar-refractivity contribution in [1.29, 1.82) is 0 Å². The maximum absolute atomic E-state index is 12.5. The maximum atomic E-state index is 12.5. The Morgan fingerprint density at radius 1 is 1.50 bits per heavy atom. The van der Waals surface area contributed by atoms with E-state index in [0.717, 1.165) is 4.31 Å². The fraction of sp³-hybridized carbons (Fsp3) is 0.417. The van der Waals surface area contributed by atoms with Gasteiger partial charge < -0.3 is 10.5 Å². The summed E-state index contributed by atoms with van der Waals surface area (Å²) in [4.78, 5) is 11.5. The van der Waals surface area contributed by atoms with E-state index in [2.05, 4.69) is 4.74 Å². The molecule has 1 unspecified atom stereocenters. The number of halogens is 1. The van der Waals surface area contributed by atoms with Gasteiger partial charge in [-0.15, -0.1) is 0 Å². The van der Waals surface area contributed by atoms with E-state index in [1.54, 1.807) is 6.92 Å². The molecule has 20 heavy (non-hydrogen) atoms. The highest BCUT2D eigenvalue weighted by atomic mass is 35.5. The van der Waals surface area contributed by atoms with Crippen LogP contribution < -0.4 is 5.73 Å². The van der Waals surface area contributed by atoms with Crippen LogP contribution in [0, 0.1) is 0 Å². The minimum absolute atomic E-state index is 0.0621. The normalized spacial score (nSPS) is 13.3. The summed E-state index contributed by atoms with van der Waals surface area (Å²) in [5.74, 6) is -0.742. The summed E-state index contributed by atoms with van der Waals surface area (Å²) in [5, 5.41) is 0.213. The lowest BCUT2D eigenvalue weighted by Crippen LogP contribution is -2.40. The third-order valence-corrected chi connectivity index (χ3v) is 5.21. The fourth-order valence-corrected chi connectivity index (χ4v) is 3.34. The SMILES string of the molecule is COC(=O)c1ccc(Cl)cc1S(=O)(=O)N(C)C(C)CN. The number of methoxy groups -OCH3 is 1. The molecule has 0 bridgehead atoms. The van der Waals surface area contributed by atoms with Crippen molar-refractivity contribution in [2.75, 3.05) is 20.7 Å². The lowest BCUT2D eigenvalue weighted by atomic mass is 10.2. The van der Waals surface area contributed by atoms with Gasteiger partial charge in [-0.25, -0.2) is 13.2 Å². The van der Waals surface area contributed by atoms with Crippen molar-refractivity contribution in [2.45, 2.75) is 17.9 Å². The molecule has 8 heteroatoms. The van der Waals surface area contributed by atoms with Crippen molar-refractivity contribution in [3.63, 3.8) is 0 Å². The summed E-state index contributed by atoms with van der Waals surface area (Å²) in [6.45, 7) is 1.82. The molecule has 0 saturated carbocycles. The van der Waals surface area contributed by atoms with Crippen LogP contribution in [-0.2, 0) is 14.8 Å². The number of nitrogens with two attached hydrogens (primary N) is 1. The number of benzene rings is 1. The second-order valence-electron chi connectivity index (χ2n) is 4.24. The lowest BCUT2D eigenvalue weighted by Gasteiger charge is -2.24. The van der Waals surface area contributed by atoms with Crippen molar-refractivity contribution in [2.24, 2.45) is 5.73 Å². The number of hydrogen-bond donors (Lipinski definition) is 1. The molecule has 0 spiro atoms. The number of nitrogens with zero attached hydrogens (tertiary/aromatic N) is 1. The van der Waals surface area contributed by atoms with Gasteiger partial charge in [0.2, 0.25) is 10.0 Å². The monoisotopic (exact) mass is 320 g/mol. The van der Waals surface area contributed by atoms with Gasteiger partial charge in [0.1, 0.15) is 0 Å². The summed E-state index contributed by atoms with van der Waals surface area (Å²) in [7, 11) is -1.31. The maximum Gasteiger partial charge on any atom is 0.339 e. The molecule has 6 nitrogen and oxygen atoms in total. The van der Waals surface area contributed by atoms with Gasteiger partial charge in [0.05, 0.1) is 17.6 Å². The molecule has 0 radical (unpaired) electrons. The molecule has 0 amide bonds. The van der Waals surface area contributed by atoms with Crippen molar-refractivity contribution >= 4 is 27.6 Å². The molecule has 1 atom stereocenters. The summed E-state index contributed by atoms with van der Waals surface area (Å²) < 4.78 is 30.8. The fourth-order valence-electron chi connectivity index (χ4n) is 1.53. The summed E-state index contributed by atoms with van der Waals surface area (Å²) in [6.07, 6.45) is 0. The lowest BCUT2D eigenvalue weighted by molar-refractivity contribution is 0.0596. The van der Waals surface area contributed by atoms with Crippen molar-refractivity contribution in [3.8, 4) is 0 Å². The molecule has 112 valence electrons. The molecule has 0 aromatic heterocycles. The number of ether oxygens (including phenoxy) is 1. The van der Waals surface area contributed by atoms with Crippen LogP contribution in [0.3, 0.4) is 0 Å². The number of carbonyl (C=O) groups is 1. The highest BCUT2D eigenvalue weighted by Crippen LogP contribution is 2.25. The number of likely N-dealkylation sites (N-methyl/N-ethyl adjacent to an activating group) is 1. The Labute approximate surface area is 123 Å². The molecule has 0 aliphatic rings. The number of esters is 1. The zero-order valence-corrected chi connectivity index (χ0v) is 13.0. The van der Waals surface area contributed by atoms with Gasteiger partial charge in [0.15, 0.2) is 0 Å². The van der Waals surface area contributed by atoms with E-state index >= 15 is 0 Å². The van der Waals surface area contributed by atoms with Crippen LogP contribution in [0.25, 0.3) is 0 Å². The first-order valence-electron chi connectivity index (χ1n) is 5.81. The summed E-state index contributed by atoms with van der Waals surface area (Å²) >= 11 is 5.83. The van der Waals surface area contributed by atoms with Crippen molar-refractivity contribution < 1.29 is 17.9 Å². The first-order valence-corrected chi connectivity index (χ1v) is 7.63. The van der Waals surface area contributed by atoms with Gasteiger partial charge in [0, 0.05) is 24.7 Å². The highest BCUT2D eigenvalue weighted by Gasteiger charge is 2.29. The van der Waals surface area contributed by atoms with E-state index in [-0.39, 0.29) is 22.0 Å². The van der Waals surface area contributed by atoms with Crippen molar-refractivity contribution in [3.05, 3.63) is 28.8 Å². The zero-order chi connectivity index (χ0) is 15.5. The molecule has 0 fully saturated rings. The average Bonchev–Trinajstić information content (AvgIpc) is 2.44. The van der Waals surface area contributed by atoms with Gasteiger partial charge in [-0.2, -0.15) is 4.31 Å². The molecular weight excluding hydrogens is 304 g/mol. The van der Waals surface area contributed by atoms with Gasteiger partial charge in [0.25, 0.3) is 0 Å². The molecule has 0 heterocycles. The molecule has 1 rings (SSSR count). The number of carbonyl (C=O) groups excluding carboxylic acids is 1.